The number of benzene rings is 2. The highest BCUT2D eigenvalue weighted by Crippen LogP contribution is 2.33. The second-order valence-electron chi connectivity index (χ2n) is 5.77. The Bertz CT molecular complexity index is 1070. The number of nitrogens with zero attached hydrogens (tertiary/aromatic N) is 4. The second-order valence-corrected chi connectivity index (χ2v) is 5.77. The van der Waals surface area contributed by atoms with Crippen molar-refractivity contribution >= 4 is 17.2 Å². The van der Waals surface area contributed by atoms with E-state index in [0.717, 1.165) is 22.5 Å². The number of para-hydroxylation sites is 1. The smallest absolute Gasteiger partial charge is 0.187 e. The summed E-state index contributed by atoms with van der Waals surface area (Å²) in [6.07, 6.45) is 1.93. The van der Waals surface area contributed by atoms with Crippen molar-refractivity contribution in [3.8, 4) is 17.0 Å². The van der Waals surface area contributed by atoms with E-state index in [2.05, 4.69) is 10.2 Å². The van der Waals surface area contributed by atoms with Gasteiger partial charge < -0.3 is 5.11 Å². The summed E-state index contributed by atoms with van der Waals surface area (Å²) >= 11 is 0. The SMILES string of the molecule is Cc1ccn2c(N=Nc3ccccc3O)c(-c3ccccc3)nc2c1. The highest BCUT2D eigenvalue weighted by Gasteiger charge is 2.14. The monoisotopic (exact) mass is 328 g/mol. The lowest BCUT2D eigenvalue weighted by Gasteiger charge is -2.00. The molecule has 5 heteroatoms. The van der Waals surface area contributed by atoms with Gasteiger partial charge in [0, 0.05) is 11.8 Å². The third-order valence-electron chi connectivity index (χ3n) is 3.94. The Morgan fingerprint density at radius 2 is 1.68 bits per heavy atom. The fourth-order valence-electron chi connectivity index (χ4n) is 2.67. The van der Waals surface area contributed by atoms with Crippen LogP contribution in [0.3, 0.4) is 0 Å². The van der Waals surface area contributed by atoms with Gasteiger partial charge in [0.15, 0.2) is 5.82 Å². The molecule has 2 heterocycles. The summed E-state index contributed by atoms with van der Waals surface area (Å²) in [4.78, 5) is 4.73. The number of fused-ring (bicyclic) bond motifs is 1. The molecule has 4 rings (SSSR count). The molecule has 0 unspecified atom stereocenters. The van der Waals surface area contributed by atoms with Crippen molar-refractivity contribution in [3.05, 3.63) is 78.5 Å². The molecule has 0 saturated carbocycles. The first-order valence-corrected chi connectivity index (χ1v) is 7.96. The summed E-state index contributed by atoms with van der Waals surface area (Å²) in [6.45, 7) is 2.03. The average molecular weight is 328 g/mol. The topological polar surface area (TPSA) is 62.2 Å². The largest absolute Gasteiger partial charge is 0.506 e. The van der Waals surface area contributed by atoms with Crippen molar-refractivity contribution < 1.29 is 5.11 Å². The third-order valence-corrected chi connectivity index (χ3v) is 3.94. The zero-order valence-corrected chi connectivity index (χ0v) is 13.7. The second kappa shape index (κ2) is 6.20. The van der Waals surface area contributed by atoms with Crippen molar-refractivity contribution in [2.75, 3.05) is 0 Å². The van der Waals surface area contributed by atoms with Gasteiger partial charge in [0.05, 0.1) is 0 Å². The fourth-order valence-corrected chi connectivity index (χ4v) is 2.67. The average Bonchev–Trinajstić information content (AvgIpc) is 2.99. The van der Waals surface area contributed by atoms with E-state index in [9.17, 15) is 5.11 Å². The lowest BCUT2D eigenvalue weighted by atomic mass is 10.1. The van der Waals surface area contributed by atoms with Crippen LogP contribution in [0.15, 0.2) is 83.2 Å². The van der Waals surface area contributed by atoms with Gasteiger partial charge in [-0.05, 0) is 36.8 Å². The van der Waals surface area contributed by atoms with Gasteiger partial charge in [0.25, 0.3) is 0 Å². The number of phenolic OH excluding ortho intramolecular Hbond substituents is 1. The van der Waals surface area contributed by atoms with Crippen LogP contribution in [-0.4, -0.2) is 14.5 Å². The van der Waals surface area contributed by atoms with E-state index in [1.165, 1.54) is 0 Å². The Morgan fingerprint density at radius 3 is 2.48 bits per heavy atom. The Morgan fingerprint density at radius 1 is 0.920 bits per heavy atom. The first kappa shape index (κ1) is 15.1. The summed E-state index contributed by atoms with van der Waals surface area (Å²) < 4.78 is 1.90. The lowest BCUT2D eigenvalue weighted by Crippen LogP contribution is -1.84. The van der Waals surface area contributed by atoms with Gasteiger partial charge in [-0.3, -0.25) is 4.40 Å². The van der Waals surface area contributed by atoms with Crippen molar-refractivity contribution in [2.24, 2.45) is 10.2 Å². The van der Waals surface area contributed by atoms with Crippen molar-refractivity contribution in [3.63, 3.8) is 0 Å². The van der Waals surface area contributed by atoms with Crippen LogP contribution in [0.2, 0.25) is 0 Å². The molecule has 0 aliphatic carbocycles. The molecule has 0 fully saturated rings. The maximum atomic E-state index is 9.90. The molecule has 0 bridgehead atoms. The molecule has 5 nitrogen and oxygen atoms in total. The normalized spacial score (nSPS) is 11.4. The Labute approximate surface area is 144 Å². The number of pyridine rings is 1. The number of hydrogen-bond donors (Lipinski definition) is 1. The zero-order chi connectivity index (χ0) is 17.2. The summed E-state index contributed by atoms with van der Waals surface area (Å²) in [5, 5.41) is 18.5. The molecule has 0 aliphatic heterocycles. The van der Waals surface area contributed by atoms with E-state index in [4.69, 9.17) is 4.98 Å². The maximum absolute atomic E-state index is 9.90. The molecule has 0 spiro atoms. The van der Waals surface area contributed by atoms with Gasteiger partial charge in [0.2, 0.25) is 0 Å². The van der Waals surface area contributed by atoms with Crippen LogP contribution < -0.4 is 0 Å². The van der Waals surface area contributed by atoms with Gasteiger partial charge in [-0.1, -0.05) is 42.5 Å². The van der Waals surface area contributed by atoms with Crippen LogP contribution >= 0.6 is 0 Å². The van der Waals surface area contributed by atoms with Crippen LogP contribution in [0.25, 0.3) is 16.9 Å². The van der Waals surface area contributed by atoms with Crippen molar-refractivity contribution in [1.29, 1.82) is 0 Å². The molecule has 25 heavy (non-hydrogen) atoms. The van der Waals surface area contributed by atoms with Crippen molar-refractivity contribution in [2.45, 2.75) is 6.92 Å². The quantitative estimate of drug-likeness (QED) is 0.510. The molecular formula is C20H16N4O. The predicted molar refractivity (Wildman–Crippen MR) is 97.6 cm³/mol. The minimum atomic E-state index is 0.0946. The van der Waals surface area contributed by atoms with Crippen LogP contribution in [0.4, 0.5) is 11.5 Å². The number of imidazole rings is 1. The minimum absolute atomic E-state index is 0.0946. The zero-order valence-electron chi connectivity index (χ0n) is 13.7. The Balaban J connectivity index is 1.90. The van der Waals surface area contributed by atoms with Gasteiger partial charge in [0.1, 0.15) is 22.8 Å². The van der Waals surface area contributed by atoms with E-state index in [1.54, 1.807) is 18.2 Å². The van der Waals surface area contributed by atoms with Crippen LogP contribution in [0, 0.1) is 6.92 Å². The summed E-state index contributed by atoms with van der Waals surface area (Å²) in [5.74, 6) is 0.724. The van der Waals surface area contributed by atoms with Gasteiger partial charge in [-0.15, -0.1) is 10.2 Å². The van der Waals surface area contributed by atoms with Crippen LogP contribution in [0.1, 0.15) is 5.56 Å². The molecule has 4 aromatic rings. The number of aromatic nitrogens is 2. The van der Waals surface area contributed by atoms with Crippen molar-refractivity contribution in [1.82, 2.24) is 9.38 Å². The standard InChI is InChI=1S/C20H16N4O/c1-14-11-12-24-18(13-14)21-19(15-7-3-2-4-8-15)20(24)23-22-16-9-5-6-10-17(16)25/h2-13,25H,1H3. The van der Waals surface area contributed by atoms with Gasteiger partial charge in [-0.2, -0.15) is 0 Å². The molecule has 2 aromatic heterocycles. The summed E-state index contributed by atoms with van der Waals surface area (Å²) in [7, 11) is 0. The number of aryl methyl sites for hydroxylation is 1. The minimum Gasteiger partial charge on any atom is -0.506 e. The highest BCUT2D eigenvalue weighted by atomic mass is 16.3. The van der Waals surface area contributed by atoms with Gasteiger partial charge >= 0.3 is 0 Å². The number of azo groups is 1. The van der Waals surface area contributed by atoms with E-state index in [1.807, 2.05) is 66.1 Å². The number of phenols is 1. The summed E-state index contributed by atoms with van der Waals surface area (Å²) in [6, 6.07) is 20.8. The molecule has 0 aliphatic rings. The Kier molecular flexibility index (Phi) is 3.74. The van der Waals surface area contributed by atoms with E-state index >= 15 is 0 Å². The number of aromatic hydroxyl groups is 1. The van der Waals surface area contributed by atoms with Crippen LogP contribution in [0.5, 0.6) is 5.75 Å². The van der Waals surface area contributed by atoms with Crippen LogP contribution in [-0.2, 0) is 0 Å². The lowest BCUT2D eigenvalue weighted by molar-refractivity contribution is 0.476. The molecule has 0 radical (unpaired) electrons. The molecule has 0 saturated heterocycles. The fraction of sp³-hybridized carbons (Fsp3) is 0.0500. The van der Waals surface area contributed by atoms with E-state index in [0.29, 0.717) is 11.5 Å². The molecule has 0 atom stereocenters. The van der Waals surface area contributed by atoms with E-state index < -0.39 is 0 Å². The highest BCUT2D eigenvalue weighted by molar-refractivity contribution is 5.74. The predicted octanol–water partition coefficient (Wildman–Crippen LogP) is 5.43. The molecule has 0 amide bonds. The first-order valence-electron chi connectivity index (χ1n) is 7.96. The number of hydrogen-bond acceptors (Lipinski definition) is 4. The Hall–Kier alpha value is -3.47. The molecule has 1 N–H and O–H groups in total. The third kappa shape index (κ3) is 2.87. The number of rotatable bonds is 3. The summed E-state index contributed by atoms with van der Waals surface area (Å²) in [5.41, 5.74) is 4.08. The van der Waals surface area contributed by atoms with Gasteiger partial charge in [-0.25, -0.2) is 4.98 Å². The maximum Gasteiger partial charge on any atom is 0.187 e. The molecule has 122 valence electrons. The molecule has 2 aromatic carbocycles. The molecular weight excluding hydrogens is 312 g/mol. The first-order chi connectivity index (χ1) is 12.2. The van der Waals surface area contributed by atoms with E-state index in [-0.39, 0.29) is 5.75 Å².